The molecule has 0 radical (unpaired) electrons. The Kier molecular flexibility index (Phi) is 4.14. The summed E-state index contributed by atoms with van der Waals surface area (Å²) in [6.07, 6.45) is 0. The molecule has 0 heterocycles. The van der Waals surface area contributed by atoms with Crippen molar-refractivity contribution in [2.24, 2.45) is 0 Å². The van der Waals surface area contributed by atoms with Gasteiger partial charge < -0.3 is 0 Å². The Labute approximate surface area is 43.2 Å². The Morgan fingerprint density at radius 3 is 1.86 bits per heavy atom. The molecule has 5 heteroatoms. The first-order valence-corrected chi connectivity index (χ1v) is 2.46. The van der Waals surface area contributed by atoms with Crippen LogP contribution >= 0.6 is 8.61 Å². The maximum Gasteiger partial charge on any atom is 0.474 e. The van der Waals surface area contributed by atoms with E-state index in [-0.39, 0.29) is 0 Å². The van der Waals surface area contributed by atoms with Gasteiger partial charge in [-0.15, -0.1) is 0 Å². The van der Waals surface area contributed by atoms with Crippen LogP contribution < -0.4 is 0 Å². The standard InChI is InChI=1S/C2H6NO3P/c1-5-3(6-2)7-4/h1-2H3/p+1. The van der Waals surface area contributed by atoms with E-state index < -0.39 is 8.61 Å². The first kappa shape index (κ1) is 6.98. The van der Waals surface area contributed by atoms with Crippen LogP contribution in [0.3, 0.4) is 0 Å². The van der Waals surface area contributed by atoms with E-state index in [1.807, 2.05) is 0 Å². The van der Waals surface area contributed by atoms with Gasteiger partial charge in [0.1, 0.15) is 0 Å². The third-order valence-corrected chi connectivity index (χ3v) is 0.920. The summed E-state index contributed by atoms with van der Waals surface area (Å²) < 4.78 is 9.80. The highest BCUT2D eigenvalue weighted by atomic mass is 31.1. The molecule has 0 bridgehead atoms. The monoisotopic (exact) mass is 124 g/mol. The zero-order valence-electron chi connectivity index (χ0n) is 4.17. The maximum atomic E-state index is 9.80. The molecule has 0 aromatic carbocycles. The third-order valence-electron chi connectivity index (χ3n) is 0.406. The van der Waals surface area contributed by atoms with Crippen LogP contribution in [0.4, 0.5) is 0 Å². The Morgan fingerprint density at radius 2 is 1.86 bits per heavy atom. The van der Waals surface area contributed by atoms with Crippen LogP contribution in [0.25, 0.3) is 0 Å². The highest BCUT2D eigenvalue weighted by Crippen LogP contribution is 2.01. The van der Waals surface area contributed by atoms with E-state index in [0.29, 0.717) is 0 Å². The molecule has 0 fully saturated rings. The molecule has 1 atom stereocenters. The minimum absolute atomic E-state index is 0.712. The zero-order valence-corrected chi connectivity index (χ0v) is 5.17. The fraction of sp³-hybridized carbons (Fsp3) is 1.00. The summed E-state index contributed by atoms with van der Waals surface area (Å²) in [6, 6.07) is 0. The minimum atomic E-state index is -0.712. The van der Waals surface area contributed by atoms with Crippen molar-refractivity contribution in [3.63, 3.8) is 0 Å². The smallest absolute Gasteiger partial charge is 0.238 e. The van der Waals surface area contributed by atoms with Gasteiger partial charge in [0.15, 0.2) is 5.00 Å². The lowest BCUT2D eigenvalue weighted by Crippen LogP contribution is -2.06. The summed E-state index contributed by atoms with van der Waals surface area (Å²) in [5.41, 5.74) is 0. The molecule has 0 rings (SSSR count). The van der Waals surface area contributed by atoms with Gasteiger partial charge in [-0.1, -0.05) is 0 Å². The Balaban J connectivity index is 3.16. The minimum Gasteiger partial charge on any atom is -0.238 e. The molecule has 0 amide bonds. The summed E-state index contributed by atoms with van der Waals surface area (Å²) in [6.45, 7) is 0. The molecule has 0 spiro atoms. The second kappa shape index (κ2) is 4.15. The first-order chi connectivity index (χ1) is 3.35. The van der Waals surface area contributed by atoms with Gasteiger partial charge in [0.2, 0.25) is 0 Å². The predicted octanol–water partition coefficient (Wildman–Crippen LogP) is 0.350. The SMILES string of the molecule is CON(OC)[PH+]=O. The molecular formula is C2H7NO3P+. The molecule has 4 nitrogen and oxygen atoms in total. The first-order valence-electron chi connectivity index (χ1n) is 1.61. The second-order valence-electron chi connectivity index (χ2n) is 0.714. The zero-order chi connectivity index (χ0) is 5.70. The molecule has 0 saturated carbocycles. The van der Waals surface area contributed by atoms with Gasteiger partial charge in [0.05, 0.1) is 14.2 Å². The van der Waals surface area contributed by atoms with E-state index in [1.165, 1.54) is 14.2 Å². The summed E-state index contributed by atoms with van der Waals surface area (Å²) in [4.78, 5) is 9.57. The van der Waals surface area contributed by atoms with Crippen molar-refractivity contribution in [2.75, 3.05) is 14.2 Å². The fourth-order valence-corrected chi connectivity index (χ4v) is 0.298. The summed E-state index contributed by atoms with van der Waals surface area (Å²) in [5, 5.41) is 0. The summed E-state index contributed by atoms with van der Waals surface area (Å²) in [5.74, 6) is 0. The van der Waals surface area contributed by atoms with Gasteiger partial charge in [-0.05, 0) is 4.57 Å². The lowest BCUT2D eigenvalue weighted by molar-refractivity contribution is -0.267. The molecule has 7 heavy (non-hydrogen) atoms. The highest BCUT2D eigenvalue weighted by molar-refractivity contribution is 7.20. The highest BCUT2D eigenvalue weighted by Gasteiger charge is 2.05. The average Bonchev–Trinajstić information content (AvgIpc) is 1.72. The van der Waals surface area contributed by atoms with Crippen molar-refractivity contribution >= 4 is 8.61 Å². The van der Waals surface area contributed by atoms with Gasteiger partial charge in [0.25, 0.3) is 0 Å². The van der Waals surface area contributed by atoms with E-state index in [9.17, 15) is 4.57 Å². The van der Waals surface area contributed by atoms with Gasteiger partial charge >= 0.3 is 8.61 Å². The molecular weight excluding hydrogens is 117 g/mol. The van der Waals surface area contributed by atoms with Gasteiger partial charge in [-0.3, -0.25) is 0 Å². The van der Waals surface area contributed by atoms with E-state index >= 15 is 0 Å². The van der Waals surface area contributed by atoms with Gasteiger partial charge in [-0.2, -0.15) is 0 Å². The van der Waals surface area contributed by atoms with E-state index in [4.69, 9.17) is 0 Å². The molecule has 0 saturated heterocycles. The van der Waals surface area contributed by atoms with Crippen molar-refractivity contribution in [1.82, 2.24) is 5.00 Å². The van der Waals surface area contributed by atoms with Crippen molar-refractivity contribution in [3.8, 4) is 0 Å². The lowest BCUT2D eigenvalue weighted by Gasteiger charge is -1.94. The predicted molar refractivity (Wildman–Crippen MR) is 24.9 cm³/mol. The van der Waals surface area contributed by atoms with Crippen LogP contribution in [-0.2, 0) is 14.2 Å². The van der Waals surface area contributed by atoms with Crippen LogP contribution in [0, 0.1) is 0 Å². The van der Waals surface area contributed by atoms with Crippen molar-refractivity contribution < 1.29 is 14.2 Å². The largest absolute Gasteiger partial charge is 0.474 e. The average molecular weight is 124 g/mol. The number of nitrogens with zero attached hydrogens (tertiary/aromatic N) is 1. The van der Waals surface area contributed by atoms with Crippen LogP contribution in [0.1, 0.15) is 0 Å². The molecule has 0 aliphatic carbocycles. The molecule has 1 unspecified atom stereocenters. The molecule has 0 aliphatic rings. The van der Waals surface area contributed by atoms with Gasteiger partial charge in [-0.25, -0.2) is 9.68 Å². The van der Waals surface area contributed by atoms with E-state index in [2.05, 4.69) is 9.68 Å². The summed E-state index contributed by atoms with van der Waals surface area (Å²) >= 11 is 0. The van der Waals surface area contributed by atoms with Crippen molar-refractivity contribution in [2.45, 2.75) is 0 Å². The van der Waals surface area contributed by atoms with Crippen LogP contribution in [0.2, 0.25) is 0 Å². The Hall–Kier alpha value is -0.0200. The quantitative estimate of drug-likeness (QED) is 0.402. The van der Waals surface area contributed by atoms with Crippen molar-refractivity contribution in [1.29, 1.82) is 0 Å². The van der Waals surface area contributed by atoms with Crippen LogP contribution in [-0.4, -0.2) is 19.2 Å². The molecule has 0 aromatic rings. The number of hydrogen-bond donors (Lipinski definition) is 0. The molecule has 0 aliphatic heterocycles. The Bertz CT molecular complexity index is 54.9. The van der Waals surface area contributed by atoms with Crippen LogP contribution in [0.15, 0.2) is 0 Å². The van der Waals surface area contributed by atoms with E-state index in [0.717, 1.165) is 5.00 Å². The van der Waals surface area contributed by atoms with Gasteiger partial charge in [0, 0.05) is 0 Å². The number of hydrogen-bond acceptors (Lipinski definition) is 3. The van der Waals surface area contributed by atoms with Crippen molar-refractivity contribution in [3.05, 3.63) is 0 Å². The number of rotatable bonds is 3. The Morgan fingerprint density at radius 1 is 1.43 bits per heavy atom. The third kappa shape index (κ3) is 2.65. The van der Waals surface area contributed by atoms with E-state index in [1.54, 1.807) is 0 Å². The molecule has 0 N–H and O–H groups in total. The summed E-state index contributed by atoms with van der Waals surface area (Å²) in [7, 11) is 2.03. The lowest BCUT2D eigenvalue weighted by atomic mass is 11.7. The van der Waals surface area contributed by atoms with Crippen LogP contribution in [0.5, 0.6) is 0 Å². The second-order valence-corrected chi connectivity index (χ2v) is 1.26. The fourth-order valence-electron chi connectivity index (χ4n) is 0.149. The molecule has 0 aromatic heterocycles. The normalized spacial score (nSPS) is 10.7. The molecule has 42 valence electrons. The topological polar surface area (TPSA) is 38.8 Å². The maximum absolute atomic E-state index is 9.80.